The van der Waals surface area contributed by atoms with E-state index in [9.17, 15) is 18.0 Å². The molecule has 0 unspecified atom stereocenters. The van der Waals surface area contributed by atoms with Crippen LogP contribution >= 0.6 is 11.8 Å². The van der Waals surface area contributed by atoms with Crippen LogP contribution in [0.15, 0.2) is 6.20 Å². The van der Waals surface area contributed by atoms with Crippen LogP contribution in [0.1, 0.15) is 29.4 Å². The van der Waals surface area contributed by atoms with Gasteiger partial charge in [-0.1, -0.05) is 5.21 Å². The average molecular weight is 323 g/mol. The standard InChI is InChI=1S/C11H16F3N5OS/c12-11(13,14)21-6-5-16-10(20)9-7-19(18-17-9)8-1-3-15-4-2-8/h7-8,15H,1-6H2,(H,16,20). The number of aromatic nitrogens is 3. The lowest BCUT2D eigenvalue weighted by Gasteiger charge is -2.22. The summed E-state index contributed by atoms with van der Waals surface area (Å²) in [6.45, 7) is 1.71. The molecule has 118 valence electrons. The Morgan fingerprint density at radius 3 is 2.86 bits per heavy atom. The van der Waals surface area contributed by atoms with Crippen molar-refractivity contribution in [1.29, 1.82) is 0 Å². The van der Waals surface area contributed by atoms with E-state index in [1.165, 1.54) is 0 Å². The number of hydrogen-bond donors (Lipinski definition) is 2. The van der Waals surface area contributed by atoms with Gasteiger partial charge in [0.1, 0.15) is 0 Å². The number of halogens is 3. The fourth-order valence-electron chi connectivity index (χ4n) is 2.05. The first-order valence-electron chi connectivity index (χ1n) is 6.57. The summed E-state index contributed by atoms with van der Waals surface area (Å²) in [5.41, 5.74) is -4.14. The molecule has 0 atom stereocenters. The number of rotatable bonds is 5. The first-order chi connectivity index (χ1) is 9.96. The zero-order valence-corrected chi connectivity index (χ0v) is 12.0. The Hall–Kier alpha value is -1.29. The van der Waals surface area contributed by atoms with E-state index in [2.05, 4.69) is 20.9 Å². The number of piperidine rings is 1. The summed E-state index contributed by atoms with van der Waals surface area (Å²) < 4.78 is 37.4. The Morgan fingerprint density at radius 2 is 2.19 bits per heavy atom. The van der Waals surface area contributed by atoms with E-state index < -0.39 is 11.4 Å². The lowest BCUT2D eigenvalue weighted by Crippen LogP contribution is -2.29. The minimum absolute atomic E-state index is 0.0663. The van der Waals surface area contributed by atoms with Crippen LogP contribution in [0.25, 0.3) is 0 Å². The summed E-state index contributed by atoms with van der Waals surface area (Å²) in [5, 5.41) is 13.3. The summed E-state index contributed by atoms with van der Waals surface area (Å²) in [5.74, 6) is -0.726. The number of thioether (sulfide) groups is 1. The molecule has 0 radical (unpaired) electrons. The van der Waals surface area contributed by atoms with E-state index >= 15 is 0 Å². The van der Waals surface area contributed by atoms with Crippen molar-refractivity contribution in [1.82, 2.24) is 25.6 Å². The third-order valence-electron chi connectivity index (χ3n) is 3.08. The molecule has 2 heterocycles. The molecule has 1 saturated heterocycles. The number of hydrogen-bond acceptors (Lipinski definition) is 5. The molecule has 0 spiro atoms. The van der Waals surface area contributed by atoms with Gasteiger partial charge in [0.15, 0.2) is 5.69 Å². The van der Waals surface area contributed by atoms with E-state index in [1.54, 1.807) is 10.9 Å². The van der Waals surface area contributed by atoms with Crippen LogP contribution < -0.4 is 10.6 Å². The molecule has 21 heavy (non-hydrogen) atoms. The maximum atomic E-state index is 11.9. The van der Waals surface area contributed by atoms with Gasteiger partial charge in [0, 0.05) is 12.3 Å². The summed E-state index contributed by atoms with van der Waals surface area (Å²) in [7, 11) is 0. The van der Waals surface area contributed by atoms with Crippen LogP contribution in [-0.2, 0) is 0 Å². The zero-order valence-electron chi connectivity index (χ0n) is 11.2. The lowest BCUT2D eigenvalue weighted by molar-refractivity contribution is -0.0327. The molecule has 0 aliphatic carbocycles. The molecule has 1 aliphatic heterocycles. The van der Waals surface area contributed by atoms with Crippen molar-refractivity contribution in [2.24, 2.45) is 0 Å². The maximum Gasteiger partial charge on any atom is 0.441 e. The van der Waals surface area contributed by atoms with E-state index in [0.29, 0.717) is 0 Å². The second-order valence-electron chi connectivity index (χ2n) is 4.62. The molecule has 1 fully saturated rings. The molecule has 0 bridgehead atoms. The van der Waals surface area contributed by atoms with Crippen molar-refractivity contribution >= 4 is 17.7 Å². The second-order valence-corrected chi connectivity index (χ2v) is 5.77. The van der Waals surface area contributed by atoms with Gasteiger partial charge in [0.05, 0.1) is 12.2 Å². The Kier molecular flexibility index (Phi) is 5.45. The molecule has 1 amide bonds. The molecule has 1 aromatic rings. The Labute approximate surface area is 123 Å². The predicted molar refractivity (Wildman–Crippen MR) is 72.0 cm³/mol. The van der Waals surface area contributed by atoms with Crippen LogP contribution in [0.5, 0.6) is 0 Å². The number of amides is 1. The quantitative estimate of drug-likeness (QED) is 0.797. The Morgan fingerprint density at radius 1 is 1.48 bits per heavy atom. The molecule has 6 nitrogen and oxygen atoms in total. The Bertz CT molecular complexity index is 473. The van der Waals surface area contributed by atoms with Crippen molar-refractivity contribution < 1.29 is 18.0 Å². The van der Waals surface area contributed by atoms with Crippen molar-refractivity contribution in [2.75, 3.05) is 25.4 Å². The fourth-order valence-corrected chi connectivity index (χ4v) is 2.49. The number of alkyl halides is 3. The van der Waals surface area contributed by atoms with Crippen LogP contribution in [0.2, 0.25) is 0 Å². The van der Waals surface area contributed by atoms with Crippen molar-refractivity contribution in [2.45, 2.75) is 24.4 Å². The lowest BCUT2D eigenvalue weighted by atomic mass is 10.1. The third kappa shape index (κ3) is 5.20. The van der Waals surface area contributed by atoms with Gasteiger partial charge in [-0.3, -0.25) is 4.79 Å². The molecular weight excluding hydrogens is 307 g/mol. The van der Waals surface area contributed by atoms with E-state index in [1.807, 2.05) is 0 Å². The van der Waals surface area contributed by atoms with Gasteiger partial charge in [-0.15, -0.1) is 5.10 Å². The monoisotopic (exact) mass is 323 g/mol. The first-order valence-corrected chi connectivity index (χ1v) is 7.56. The highest BCUT2D eigenvalue weighted by molar-refractivity contribution is 8.00. The average Bonchev–Trinajstić information content (AvgIpc) is 2.93. The van der Waals surface area contributed by atoms with Gasteiger partial charge in [0.25, 0.3) is 5.91 Å². The molecular formula is C11H16F3N5OS. The summed E-state index contributed by atoms with van der Waals surface area (Å²) in [6, 6.07) is 0.209. The predicted octanol–water partition coefficient (Wildman–Crippen LogP) is 1.19. The van der Waals surface area contributed by atoms with Crippen LogP contribution in [-0.4, -0.2) is 51.8 Å². The van der Waals surface area contributed by atoms with Crippen molar-refractivity contribution in [3.63, 3.8) is 0 Å². The summed E-state index contributed by atoms with van der Waals surface area (Å²) in [6.07, 6.45) is 3.36. The minimum atomic E-state index is -4.27. The topological polar surface area (TPSA) is 71.8 Å². The minimum Gasteiger partial charge on any atom is -0.350 e. The molecule has 10 heteroatoms. The molecule has 1 aromatic heterocycles. The zero-order chi connectivity index (χ0) is 15.3. The van der Waals surface area contributed by atoms with Crippen molar-refractivity contribution in [3.8, 4) is 0 Å². The van der Waals surface area contributed by atoms with Crippen LogP contribution in [0.3, 0.4) is 0 Å². The van der Waals surface area contributed by atoms with E-state index in [0.717, 1.165) is 25.9 Å². The van der Waals surface area contributed by atoms with Crippen LogP contribution in [0, 0.1) is 0 Å². The van der Waals surface area contributed by atoms with Crippen LogP contribution in [0.4, 0.5) is 13.2 Å². The van der Waals surface area contributed by atoms with E-state index in [4.69, 9.17) is 0 Å². The molecule has 1 aliphatic rings. The maximum absolute atomic E-state index is 11.9. The summed E-state index contributed by atoms with van der Waals surface area (Å²) in [4.78, 5) is 11.7. The molecule has 0 saturated carbocycles. The highest BCUT2D eigenvalue weighted by Crippen LogP contribution is 2.29. The summed E-state index contributed by atoms with van der Waals surface area (Å²) >= 11 is -0.164. The molecule has 2 N–H and O–H groups in total. The smallest absolute Gasteiger partial charge is 0.350 e. The highest BCUT2D eigenvalue weighted by Gasteiger charge is 2.27. The van der Waals surface area contributed by atoms with Gasteiger partial charge in [0.2, 0.25) is 0 Å². The number of carbonyl (C=O) groups is 1. The normalized spacial score (nSPS) is 16.9. The van der Waals surface area contributed by atoms with Gasteiger partial charge in [-0.05, 0) is 37.7 Å². The van der Waals surface area contributed by atoms with Gasteiger partial charge >= 0.3 is 5.51 Å². The number of carbonyl (C=O) groups excluding carboxylic acids is 1. The SMILES string of the molecule is O=C(NCCSC(F)(F)F)c1cn(C2CCNCC2)nn1. The largest absolute Gasteiger partial charge is 0.441 e. The van der Waals surface area contributed by atoms with E-state index in [-0.39, 0.29) is 35.8 Å². The first kappa shape index (κ1) is 16.1. The number of nitrogens with one attached hydrogen (secondary N) is 2. The number of nitrogens with zero attached hydrogens (tertiary/aromatic N) is 3. The molecule has 0 aromatic carbocycles. The second kappa shape index (κ2) is 7.12. The van der Waals surface area contributed by atoms with Gasteiger partial charge in [-0.2, -0.15) is 13.2 Å². The van der Waals surface area contributed by atoms with Crippen molar-refractivity contribution in [3.05, 3.63) is 11.9 Å². The Balaban J connectivity index is 1.79. The fraction of sp³-hybridized carbons (Fsp3) is 0.727. The third-order valence-corrected chi connectivity index (χ3v) is 3.81. The highest BCUT2D eigenvalue weighted by atomic mass is 32.2. The van der Waals surface area contributed by atoms with Gasteiger partial charge in [-0.25, -0.2) is 4.68 Å². The molecule has 2 rings (SSSR count). The van der Waals surface area contributed by atoms with Gasteiger partial charge < -0.3 is 10.6 Å².